The molecule has 180 valence electrons. The summed E-state index contributed by atoms with van der Waals surface area (Å²) in [6.45, 7) is 3.02. The van der Waals surface area contributed by atoms with E-state index >= 15 is 0 Å². The van der Waals surface area contributed by atoms with Crippen LogP contribution in [0.4, 0.5) is 5.13 Å². The van der Waals surface area contributed by atoms with E-state index in [9.17, 15) is 24.6 Å². The fraction of sp³-hybridized carbons (Fsp3) is 0.200. The summed E-state index contributed by atoms with van der Waals surface area (Å²) in [7, 11) is 2.91. The zero-order valence-corrected chi connectivity index (χ0v) is 20.2. The number of rotatable bonds is 6. The van der Waals surface area contributed by atoms with Gasteiger partial charge in [0, 0.05) is 18.1 Å². The molecular weight excluding hydrogens is 472 g/mol. The van der Waals surface area contributed by atoms with Crippen molar-refractivity contribution >= 4 is 39.7 Å². The highest BCUT2D eigenvalue weighted by molar-refractivity contribution is 7.18. The summed E-state index contributed by atoms with van der Waals surface area (Å²) < 4.78 is 10.6. The Labute approximate surface area is 204 Å². The van der Waals surface area contributed by atoms with Crippen molar-refractivity contribution in [1.82, 2.24) is 4.98 Å². The van der Waals surface area contributed by atoms with Gasteiger partial charge >= 0.3 is 5.91 Å². The van der Waals surface area contributed by atoms with Crippen LogP contribution in [-0.4, -0.2) is 46.9 Å². The summed E-state index contributed by atoms with van der Waals surface area (Å²) in [5, 5.41) is 21.5. The molecule has 9 nitrogen and oxygen atoms in total. The zero-order valence-electron chi connectivity index (χ0n) is 19.4. The van der Waals surface area contributed by atoms with Crippen LogP contribution in [-0.2, 0) is 9.59 Å². The first-order chi connectivity index (χ1) is 16.7. The number of methoxy groups -OCH3 is 2. The molecule has 2 heterocycles. The molecular formula is C25H22N2O7S. The van der Waals surface area contributed by atoms with Gasteiger partial charge in [-0.2, -0.15) is 0 Å². The van der Waals surface area contributed by atoms with E-state index in [2.05, 4.69) is 4.98 Å². The number of amides is 1. The van der Waals surface area contributed by atoms with Gasteiger partial charge in [0.25, 0.3) is 5.78 Å². The van der Waals surface area contributed by atoms with Gasteiger partial charge in [0.05, 0.1) is 30.4 Å². The second-order valence-corrected chi connectivity index (χ2v) is 8.77. The SMILES string of the molecule is COc1ccc(C(O)=C2C(=O)C(=O)N(c3nc(C)c(C(C)=O)s3)C2c2cc(O)ccc2OC)cc1. The molecule has 10 heteroatoms. The van der Waals surface area contributed by atoms with E-state index in [-0.39, 0.29) is 39.1 Å². The van der Waals surface area contributed by atoms with E-state index in [1.165, 1.54) is 39.3 Å². The van der Waals surface area contributed by atoms with Crippen LogP contribution < -0.4 is 14.4 Å². The van der Waals surface area contributed by atoms with E-state index in [4.69, 9.17) is 9.47 Å². The summed E-state index contributed by atoms with van der Waals surface area (Å²) >= 11 is 0.969. The van der Waals surface area contributed by atoms with Crippen LogP contribution >= 0.6 is 11.3 Å². The molecule has 0 radical (unpaired) electrons. The predicted molar refractivity (Wildman–Crippen MR) is 129 cm³/mol. The van der Waals surface area contributed by atoms with E-state index < -0.39 is 23.5 Å². The quantitative estimate of drug-likeness (QED) is 0.228. The zero-order chi connectivity index (χ0) is 25.4. The monoisotopic (exact) mass is 494 g/mol. The van der Waals surface area contributed by atoms with Crippen molar-refractivity contribution in [3.63, 3.8) is 0 Å². The number of Topliss-reactive ketones (excluding diaryl/α,β-unsaturated/α-hetero) is 2. The van der Waals surface area contributed by atoms with Crippen molar-refractivity contribution in [3.05, 3.63) is 69.7 Å². The van der Waals surface area contributed by atoms with Crippen molar-refractivity contribution in [2.45, 2.75) is 19.9 Å². The third-order valence-corrected chi connectivity index (χ3v) is 6.88. The lowest BCUT2D eigenvalue weighted by Gasteiger charge is -2.24. The van der Waals surface area contributed by atoms with Gasteiger partial charge in [-0.05, 0) is 49.4 Å². The van der Waals surface area contributed by atoms with Crippen LogP contribution in [0.25, 0.3) is 5.76 Å². The lowest BCUT2D eigenvalue weighted by molar-refractivity contribution is -0.132. The standard InChI is InChI=1S/C25H22N2O7S/c1-12-23(13(2)28)35-25(26-12)27-20(17-11-15(29)7-10-18(17)34-4)19(22(31)24(27)32)21(30)14-5-8-16(33-3)9-6-14/h5-11,20,29-30H,1-4H3. The molecule has 1 unspecified atom stereocenters. The van der Waals surface area contributed by atoms with Crippen LogP contribution in [0.3, 0.4) is 0 Å². The number of aromatic hydroxyl groups is 1. The largest absolute Gasteiger partial charge is 0.508 e. The van der Waals surface area contributed by atoms with Crippen molar-refractivity contribution in [3.8, 4) is 17.2 Å². The first-order valence-electron chi connectivity index (χ1n) is 10.5. The fourth-order valence-corrected chi connectivity index (χ4v) is 4.96. The number of nitrogens with zero attached hydrogens (tertiary/aromatic N) is 2. The Kier molecular flexibility index (Phi) is 6.31. The number of phenolic OH excluding ortho intramolecular Hbond substituents is 1. The second kappa shape index (κ2) is 9.22. The molecule has 0 bridgehead atoms. The highest BCUT2D eigenvalue weighted by Crippen LogP contribution is 2.47. The number of anilines is 1. The molecule has 0 saturated carbocycles. The van der Waals surface area contributed by atoms with Gasteiger partial charge in [0.15, 0.2) is 10.9 Å². The van der Waals surface area contributed by atoms with Gasteiger partial charge < -0.3 is 19.7 Å². The number of hydrogen-bond acceptors (Lipinski definition) is 9. The molecule has 3 aromatic rings. The Morgan fingerprint density at radius 1 is 1.09 bits per heavy atom. The Morgan fingerprint density at radius 2 is 1.77 bits per heavy atom. The smallest absolute Gasteiger partial charge is 0.301 e. The topological polar surface area (TPSA) is 126 Å². The number of carbonyl (C=O) groups excluding carboxylic acids is 3. The number of benzene rings is 2. The number of thiazole rings is 1. The molecule has 35 heavy (non-hydrogen) atoms. The third-order valence-electron chi connectivity index (χ3n) is 5.63. The summed E-state index contributed by atoms with van der Waals surface area (Å²) in [6.07, 6.45) is 0. The Balaban J connectivity index is 1.99. The molecule has 1 atom stereocenters. The predicted octanol–water partition coefficient (Wildman–Crippen LogP) is 4.00. The fourth-order valence-electron chi connectivity index (χ4n) is 3.98. The number of phenols is 1. The molecule has 1 aliphatic rings. The number of ketones is 2. The van der Waals surface area contributed by atoms with E-state index in [1.807, 2.05) is 0 Å². The maximum Gasteiger partial charge on any atom is 0.301 e. The van der Waals surface area contributed by atoms with Crippen LogP contribution in [0.15, 0.2) is 48.0 Å². The number of aryl methyl sites for hydroxylation is 1. The number of aliphatic hydroxyl groups is 1. The molecule has 0 aliphatic carbocycles. The molecule has 2 N–H and O–H groups in total. The van der Waals surface area contributed by atoms with Crippen molar-refractivity contribution in [2.75, 3.05) is 19.1 Å². The van der Waals surface area contributed by atoms with E-state index in [1.54, 1.807) is 31.2 Å². The van der Waals surface area contributed by atoms with Crippen LogP contribution in [0.2, 0.25) is 0 Å². The number of aromatic nitrogens is 1. The summed E-state index contributed by atoms with van der Waals surface area (Å²) in [5.74, 6) is -1.82. The number of carbonyl (C=O) groups is 3. The maximum absolute atomic E-state index is 13.3. The lowest BCUT2D eigenvalue weighted by atomic mass is 9.94. The minimum Gasteiger partial charge on any atom is -0.508 e. The molecule has 0 spiro atoms. The average molecular weight is 495 g/mol. The van der Waals surface area contributed by atoms with Gasteiger partial charge in [-0.3, -0.25) is 19.3 Å². The van der Waals surface area contributed by atoms with Crippen molar-refractivity contribution in [2.24, 2.45) is 0 Å². The molecule has 1 fully saturated rings. The van der Waals surface area contributed by atoms with E-state index in [0.29, 0.717) is 16.3 Å². The maximum atomic E-state index is 13.3. The number of aliphatic hydroxyl groups excluding tert-OH is 1. The second-order valence-electron chi connectivity index (χ2n) is 7.79. The highest BCUT2D eigenvalue weighted by atomic mass is 32.1. The first kappa shape index (κ1) is 24.0. The number of hydrogen-bond donors (Lipinski definition) is 2. The minimum absolute atomic E-state index is 0.110. The summed E-state index contributed by atoms with van der Waals surface area (Å²) in [5.41, 5.74) is 0.754. The molecule has 1 saturated heterocycles. The van der Waals surface area contributed by atoms with Crippen LogP contribution in [0.1, 0.15) is 39.5 Å². The molecule has 1 aliphatic heterocycles. The van der Waals surface area contributed by atoms with Gasteiger partial charge in [0.2, 0.25) is 0 Å². The van der Waals surface area contributed by atoms with Crippen molar-refractivity contribution < 1.29 is 34.1 Å². The van der Waals surface area contributed by atoms with Crippen LogP contribution in [0.5, 0.6) is 17.2 Å². The van der Waals surface area contributed by atoms with Gasteiger partial charge in [0.1, 0.15) is 29.0 Å². The lowest BCUT2D eigenvalue weighted by Crippen LogP contribution is -2.29. The average Bonchev–Trinajstić information content (AvgIpc) is 3.35. The number of ether oxygens (including phenoxy) is 2. The third kappa shape index (κ3) is 4.12. The summed E-state index contributed by atoms with van der Waals surface area (Å²) in [6, 6.07) is 9.40. The molecule has 1 amide bonds. The Hall–Kier alpha value is -4.18. The first-order valence-corrected chi connectivity index (χ1v) is 11.3. The molecule has 4 rings (SSSR count). The Morgan fingerprint density at radius 3 is 2.34 bits per heavy atom. The van der Waals surface area contributed by atoms with E-state index in [0.717, 1.165) is 16.2 Å². The van der Waals surface area contributed by atoms with Gasteiger partial charge in [-0.25, -0.2) is 4.98 Å². The molecule has 2 aromatic carbocycles. The normalized spacial score (nSPS) is 17.0. The van der Waals surface area contributed by atoms with Gasteiger partial charge in [-0.15, -0.1) is 0 Å². The summed E-state index contributed by atoms with van der Waals surface area (Å²) in [4.78, 5) is 44.5. The van der Waals surface area contributed by atoms with Crippen LogP contribution in [0, 0.1) is 6.92 Å². The van der Waals surface area contributed by atoms with Crippen molar-refractivity contribution in [1.29, 1.82) is 0 Å². The Bertz CT molecular complexity index is 1370. The van der Waals surface area contributed by atoms with Gasteiger partial charge in [-0.1, -0.05) is 11.3 Å². The molecule has 1 aromatic heterocycles. The highest BCUT2D eigenvalue weighted by Gasteiger charge is 2.49. The minimum atomic E-state index is -1.18.